The van der Waals surface area contributed by atoms with Crippen molar-refractivity contribution in [3.05, 3.63) is 29.8 Å². The van der Waals surface area contributed by atoms with Gasteiger partial charge in [0, 0.05) is 18.7 Å². The van der Waals surface area contributed by atoms with Gasteiger partial charge in [0.2, 0.25) is 5.91 Å². The van der Waals surface area contributed by atoms with Gasteiger partial charge in [0.05, 0.1) is 0 Å². The molecule has 1 aliphatic heterocycles. The number of amides is 1. The molecule has 5 heteroatoms. The summed E-state index contributed by atoms with van der Waals surface area (Å²) in [4.78, 5) is 24.6. The van der Waals surface area contributed by atoms with E-state index in [1.165, 1.54) is 4.90 Å². The molecule has 3 N–H and O–H groups in total. The fourth-order valence-electron chi connectivity index (χ4n) is 2.47. The normalized spacial score (nSPS) is 18.5. The molecule has 1 aromatic rings. The highest BCUT2D eigenvalue weighted by molar-refractivity contribution is 5.84. The van der Waals surface area contributed by atoms with E-state index in [0.29, 0.717) is 31.5 Å². The number of benzene rings is 1. The molecule has 0 saturated carbocycles. The summed E-state index contributed by atoms with van der Waals surface area (Å²) in [5.74, 6) is -0.998. The van der Waals surface area contributed by atoms with Crippen molar-refractivity contribution in [2.45, 2.75) is 31.7 Å². The van der Waals surface area contributed by atoms with Gasteiger partial charge in [-0.15, -0.1) is 0 Å². The van der Waals surface area contributed by atoms with Gasteiger partial charge in [0.25, 0.3) is 0 Å². The maximum atomic E-state index is 12.0. The monoisotopic (exact) mass is 262 g/mol. The van der Waals surface area contributed by atoms with Crippen LogP contribution in [0.1, 0.15) is 24.8 Å². The Morgan fingerprint density at radius 2 is 2.21 bits per heavy atom. The fraction of sp³-hybridized carbons (Fsp3) is 0.429. The average molecular weight is 262 g/mol. The molecule has 1 saturated heterocycles. The first-order valence-corrected chi connectivity index (χ1v) is 6.44. The molecule has 2 rings (SSSR count). The Morgan fingerprint density at radius 3 is 2.89 bits per heavy atom. The van der Waals surface area contributed by atoms with E-state index in [1.807, 2.05) is 18.2 Å². The summed E-state index contributed by atoms with van der Waals surface area (Å²) in [6.07, 6.45) is 2.24. The SMILES string of the molecule is Nc1cccc(CCC(=O)N2CCC[C@@H]2C(=O)O)c1. The van der Waals surface area contributed by atoms with Gasteiger partial charge in [-0.3, -0.25) is 4.79 Å². The second-order valence-electron chi connectivity index (χ2n) is 4.83. The van der Waals surface area contributed by atoms with E-state index >= 15 is 0 Å². The zero-order valence-corrected chi connectivity index (χ0v) is 10.7. The Balaban J connectivity index is 1.92. The summed E-state index contributed by atoms with van der Waals surface area (Å²) in [6.45, 7) is 0.548. The molecule has 0 radical (unpaired) electrons. The van der Waals surface area contributed by atoms with Crippen LogP contribution in [-0.4, -0.2) is 34.5 Å². The molecule has 0 unspecified atom stereocenters. The molecule has 5 nitrogen and oxygen atoms in total. The van der Waals surface area contributed by atoms with Crippen molar-refractivity contribution in [1.82, 2.24) is 4.90 Å². The van der Waals surface area contributed by atoms with Crippen molar-refractivity contribution in [3.8, 4) is 0 Å². The number of carboxylic acid groups (broad SMARTS) is 1. The summed E-state index contributed by atoms with van der Waals surface area (Å²) < 4.78 is 0. The Labute approximate surface area is 112 Å². The lowest BCUT2D eigenvalue weighted by Gasteiger charge is -2.21. The number of nitrogens with zero attached hydrogens (tertiary/aromatic N) is 1. The Hall–Kier alpha value is -2.04. The number of anilines is 1. The third kappa shape index (κ3) is 3.24. The summed E-state index contributed by atoms with van der Waals surface area (Å²) in [7, 11) is 0. The number of aliphatic carboxylic acids is 1. The number of carbonyl (C=O) groups is 2. The number of rotatable bonds is 4. The molecule has 0 bridgehead atoms. The lowest BCUT2D eigenvalue weighted by Crippen LogP contribution is -2.40. The first-order chi connectivity index (χ1) is 9.08. The maximum absolute atomic E-state index is 12.0. The van der Waals surface area contributed by atoms with Gasteiger partial charge in [-0.1, -0.05) is 12.1 Å². The first-order valence-electron chi connectivity index (χ1n) is 6.44. The van der Waals surface area contributed by atoms with E-state index in [2.05, 4.69) is 0 Å². The standard InChI is InChI=1S/C14H18N2O3/c15-11-4-1-3-10(9-11)6-7-13(17)16-8-2-5-12(16)14(18)19/h1,3-4,9,12H,2,5-8,15H2,(H,18,19)/t12-/m1/s1. The van der Waals surface area contributed by atoms with Crippen LogP contribution in [0.3, 0.4) is 0 Å². The molecule has 1 aliphatic rings. The molecule has 0 spiro atoms. The van der Waals surface area contributed by atoms with Crippen LogP contribution in [0.15, 0.2) is 24.3 Å². The number of nitrogens with two attached hydrogens (primary N) is 1. The quantitative estimate of drug-likeness (QED) is 0.800. The largest absolute Gasteiger partial charge is 0.480 e. The van der Waals surface area contributed by atoms with Crippen LogP contribution >= 0.6 is 0 Å². The number of hydrogen-bond acceptors (Lipinski definition) is 3. The average Bonchev–Trinajstić information content (AvgIpc) is 2.85. The third-order valence-corrected chi connectivity index (χ3v) is 3.44. The molecule has 1 atom stereocenters. The highest BCUT2D eigenvalue weighted by atomic mass is 16.4. The van der Waals surface area contributed by atoms with Crippen molar-refractivity contribution < 1.29 is 14.7 Å². The van der Waals surface area contributed by atoms with Crippen molar-refractivity contribution >= 4 is 17.6 Å². The van der Waals surface area contributed by atoms with Crippen molar-refractivity contribution in [3.63, 3.8) is 0 Å². The molecule has 1 fully saturated rings. The summed E-state index contributed by atoms with van der Waals surface area (Å²) in [6, 6.07) is 6.76. The van der Waals surface area contributed by atoms with Crippen molar-refractivity contribution in [2.75, 3.05) is 12.3 Å². The van der Waals surface area contributed by atoms with Crippen molar-refractivity contribution in [2.24, 2.45) is 0 Å². The molecule has 0 aromatic heterocycles. The molecular weight excluding hydrogens is 244 g/mol. The van der Waals surface area contributed by atoms with Gasteiger partial charge in [-0.05, 0) is 37.0 Å². The van der Waals surface area contributed by atoms with Crippen molar-refractivity contribution in [1.29, 1.82) is 0 Å². The molecule has 1 aromatic carbocycles. The molecule has 19 heavy (non-hydrogen) atoms. The number of nitrogen functional groups attached to an aromatic ring is 1. The van der Waals surface area contributed by atoms with Gasteiger partial charge in [0.1, 0.15) is 6.04 Å². The number of carbonyl (C=O) groups excluding carboxylic acids is 1. The van der Waals surface area contributed by atoms with E-state index < -0.39 is 12.0 Å². The lowest BCUT2D eigenvalue weighted by molar-refractivity contribution is -0.148. The van der Waals surface area contributed by atoms with Gasteiger partial charge in [-0.25, -0.2) is 4.79 Å². The molecular formula is C14H18N2O3. The smallest absolute Gasteiger partial charge is 0.326 e. The van der Waals surface area contributed by atoms with Gasteiger partial charge in [0.15, 0.2) is 0 Å². The minimum atomic E-state index is -0.908. The van der Waals surface area contributed by atoms with E-state index in [1.54, 1.807) is 6.07 Å². The van der Waals surface area contributed by atoms with E-state index in [4.69, 9.17) is 10.8 Å². The van der Waals surface area contributed by atoms with Crippen LogP contribution in [0.25, 0.3) is 0 Å². The predicted octanol–water partition coefficient (Wildman–Crippen LogP) is 1.28. The molecule has 0 aliphatic carbocycles. The summed E-state index contributed by atoms with van der Waals surface area (Å²) in [5, 5.41) is 9.04. The zero-order chi connectivity index (χ0) is 13.8. The first kappa shape index (κ1) is 13.4. The van der Waals surface area contributed by atoms with Crippen LogP contribution in [0.4, 0.5) is 5.69 Å². The predicted molar refractivity (Wildman–Crippen MR) is 71.5 cm³/mol. The molecule has 102 valence electrons. The zero-order valence-electron chi connectivity index (χ0n) is 10.7. The van der Waals surface area contributed by atoms with Crippen LogP contribution < -0.4 is 5.73 Å². The van der Waals surface area contributed by atoms with Crippen LogP contribution in [0.5, 0.6) is 0 Å². The molecule has 1 heterocycles. The minimum absolute atomic E-state index is 0.0904. The maximum Gasteiger partial charge on any atom is 0.326 e. The van der Waals surface area contributed by atoms with Crippen LogP contribution in [0, 0.1) is 0 Å². The fourth-order valence-corrected chi connectivity index (χ4v) is 2.47. The Morgan fingerprint density at radius 1 is 1.42 bits per heavy atom. The Bertz CT molecular complexity index is 487. The minimum Gasteiger partial charge on any atom is -0.480 e. The summed E-state index contributed by atoms with van der Waals surface area (Å²) in [5.41, 5.74) is 7.35. The van der Waals surface area contributed by atoms with Crippen LogP contribution in [0.2, 0.25) is 0 Å². The number of likely N-dealkylation sites (tertiary alicyclic amines) is 1. The van der Waals surface area contributed by atoms with E-state index in [0.717, 1.165) is 12.0 Å². The third-order valence-electron chi connectivity index (χ3n) is 3.44. The molecule has 1 amide bonds. The van der Waals surface area contributed by atoms with E-state index in [-0.39, 0.29) is 5.91 Å². The number of carboxylic acids is 1. The second kappa shape index (κ2) is 5.73. The van der Waals surface area contributed by atoms with E-state index in [9.17, 15) is 9.59 Å². The van der Waals surface area contributed by atoms with Gasteiger partial charge >= 0.3 is 5.97 Å². The number of aryl methyl sites for hydroxylation is 1. The Kier molecular flexibility index (Phi) is 4.04. The van der Waals surface area contributed by atoms with Gasteiger partial charge in [-0.2, -0.15) is 0 Å². The summed E-state index contributed by atoms with van der Waals surface area (Å²) >= 11 is 0. The van der Waals surface area contributed by atoms with Crippen LogP contribution in [-0.2, 0) is 16.0 Å². The highest BCUT2D eigenvalue weighted by Crippen LogP contribution is 2.19. The highest BCUT2D eigenvalue weighted by Gasteiger charge is 2.33. The van der Waals surface area contributed by atoms with Gasteiger partial charge < -0.3 is 15.7 Å². The second-order valence-corrected chi connectivity index (χ2v) is 4.83. The topological polar surface area (TPSA) is 83.6 Å². The lowest BCUT2D eigenvalue weighted by atomic mass is 10.1. The number of hydrogen-bond donors (Lipinski definition) is 2.